The molecule has 3 aromatic rings. The van der Waals surface area contributed by atoms with E-state index >= 15 is 0 Å². The van der Waals surface area contributed by atoms with Crippen molar-refractivity contribution in [3.8, 4) is 11.1 Å². The van der Waals surface area contributed by atoms with E-state index in [0.717, 1.165) is 16.8 Å². The Labute approximate surface area is 150 Å². The van der Waals surface area contributed by atoms with Gasteiger partial charge in [0, 0.05) is 35.2 Å². The highest BCUT2D eigenvalue weighted by atomic mass is 19.4. The molecule has 0 atom stereocenters. The van der Waals surface area contributed by atoms with Crippen LogP contribution >= 0.6 is 0 Å². The van der Waals surface area contributed by atoms with Crippen LogP contribution in [0.15, 0.2) is 42.5 Å². The first-order valence-electron chi connectivity index (χ1n) is 8.46. The summed E-state index contributed by atoms with van der Waals surface area (Å²) in [5.74, 6) is 0. The number of fused-ring (bicyclic) bond motifs is 1. The molecule has 0 saturated carbocycles. The first-order chi connectivity index (χ1) is 12.3. The molecular weight excluding hydrogens is 339 g/mol. The third-order valence-electron chi connectivity index (χ3n) is 4.53. The number of nitrogens with zero attached hydrogens (tertiary/aromatic N) is 1. The first kappa shape index (κ1) is 18.5. The van der Waals surface area contributed by atoms with Crippen LogP contribution in [0.5, 0.6) is 0 Å². The lowest BCUT2D eigenvalue weighted by Gasteiger charge is -2.17. The summed E-state index contributed by atoms with van der Waals surface area (Å²) in [6, 6.07) is 12.1. The van der Waals surface area contributed by atoms with Crippen molar-refractivity contribution in [1.29, 1.82) is 0 Å². The van der Waals surface area contributed by atoms with Crippen LogP contribution in [0.3, 0.4) is 0 Å². The zero-order valence-corrected chi connectivity index (χ0v) is 14.8. The maximum absolute atomic E-state index is 13.7. The number of alkyl halides is 3. The number of likely N-dealkylation sites (N-methyl/N-ethyl adjacent to an activating group) is 1. The van der Waals surface area contributed by atoms with E-state index in [9.17, 15) is 13.2 Å². The van der Waals surface area contributed by atoms with Crippen molar-refractivity contribution in [3.63, 3.8) is 0 Å². The van der Waals surface area contributed by atoms with Gasteiger partial charge >= 0.3 is 6.18 Å². The Balaban J connectivity index is 2.34. The molecule has 0 unspecified atom stereocenters. The Hall–Kier alpha value is -2.31. The molecule has 3 nitrogen and oxygen atoms in total. The van der Waals surface area contributed by atoms with Gasteiger partial charge in [-0.1, -0.05) is 30.3 Å². The van der Waals surface area contributed by atoms with E-state index < -0.39 is 11.7 Å². The normalized spacial score (nSPS) is 12.3. The minimum atomic E-state index is -4.40. The standard InChI is InChI=1S/C20H22F3N3/c1-26(2)11-10-14-15(20(21,22)23)8-9-16-19(14)18(17(12-24)25-16)13-6-4-3-5-7-13/h3-9,25H,10-12,24H2,1-2H3. The predicted molar refractivity (Wildman–Crippen MR) is 98.9 cm³/mol. The summed E-state index contributed by atoms with van der Waals surface area (Å²) in [6.45, 7) is 0.757. The molecule has 0 spiro atoms. The van der Waals surface area contributed by atoms with Gasteiger partial charge in [-0.15, -0.1) is 0 Å². The van der Waals surface area contributed by atoms with Crippen LogP contribution in [0.4, 0.5) is 13.2 Å². The fourth-order valence-corrected chi connectivity index (χ4v) is 3.35. The van der Waals surface area contributed by atoms with Crippen LogP contribution in [-0.2, 0) is 19.1 Å². The van der Waals surface area contributed by atoms with Gasteiger partial charge in [0.1, 0.15) is 0 Å². The third-order valence-corrected chi connectivity index (χ3v) is 4.53. The topological polar surface area (TPSA) is 45.0 Å². The summed E-state index contributed by atoms with van der Waals surface area (Å²) in [7, 11) is 3.71. The zero-order chi connectivity index (χ0) is 18.9. The summed E-state index contributed by atoms with van der Waals surface area (Å²) >= 11 is 0. The SMILES string of the molecule is CN(C)CCc1c(C(F)(F)F)ccc2[nH]c(CN)c(-c3ccccc3)c12. The Morgan fingerprint density at radius 1 is 1.04 bits per heavy atom. The van der Waals surface area contributed by atoms with Gasteiger partial charge in [0.2, 0.25) is 0 Å². The number of hydrogen-bond donors (Lipinski definition) is 2. The Kier molecular flexibility index (Phi) is 5.07. The van der Waals surface area contributed by atoms with Crippen molar-refractivity contribution >= 4 is 10.9 Å². The molecule has 0 amide bonds. The summed E-state index contributed by atoms with van der Waals surface area (Å²) in [5, 5.41) is 0.619. The number of benzene rings is 2. The second-order valence-corrected chi connectivity index (χ2v) is 6.61. The summed E-state index contributed by atoms with van der Waals surface area (Å²) in [6.07, 6.45) is -4.09. The molecular formula is C20H22F3N3. The molecule has 3 N–H and O–H groups in total. The molecule has 138 valence electrons. The van der Waals surface area contributed by atoms with Crippen molar-refractivity contribution in [3.05, 3.63) is 59.3 Å². The molecule has 0 aliphatic rings. The lowest BCUT2D eigenvalue weighted by molar-refractivity contribution is -0.138. The number of aromatic nitrogens is 1. The van der Waals surface area contributed by atoms with Crippen LogP contribution in [0, 0.1) is 0 Å². The largest absolute Gasteiger partial charge is 0.416 e. The molecule has 26 heavy (non-hydrogen) atoms. The molecule has 0 bridgehead atoms. The van der Waals surface area contributed by atoms with Crippen molar-refractivity contribution < 1.29 is 13.2 Å². The van der Waals surface area contributed by atoms with Gasteiger partial charge in [0.05, 0.1) is 5.56 Å². The maximum atomic E-state index is 13.7. The summed E-state index contributed by atoms with van der Waals surface area (Å²) < 4.78 is 41.0. The van der Waals surface area contributed by atoms with Crippen molar-refractivity contribution in [2.75, 3.05) is 20.6 Å². The van der Waals surface area contributed by atoms with E-state index in [4.69, 9.17) is 5.73 Å². The highest BCUT2D eigenvalue weighted by Crippen LogP contribution is 2.41. The van der Waals surface area contributed by atoms with Crippen molar-refractivity contribution in [2.24, 2.45) is 5.73 Å². The monoisotopic (exact) mass is 361 g/mol. The molecule has 1 heterocycles. The molecule has 0 fully saturated rings. The van der Waals surface area contributed by atoms with E-state index in [1.807, 2.05) is 49.3 Å². The highest BCUT2D eigenvalue weighted by molar-refractivity contribution is 6.00. The van der Waals surface area contributed by atoms with E-state index in [-0.39, 0.29) is 6.54 Å². The van der Waals surface area contributed by atoms with Crippen LogP contribution < -0.4 is 5.73 Å². The van der Waals surface area contributed by atoms with E-state index in [2.05, 4.69) is 4.98 Å². The van der Waals surface area contributed by atoms with Gasteiger partial charge in [0.25, 0.3) is 0 Å². The second kappa shape index (κ2) is 7.13. The fourth-order valence-electron chi connectivity index (χ4n) is 3.35. The lowest BCUT2D eigenvalue weighted by atomic mass is 9.93. The molecule has 0 aliphatic heterocycles. The Morgan fingerprint density at radius 3 is 2.31 bits per heavy atom. The lowest BCUT2D eigenvalue weighted by Crippen LogP contribution is -2.18. The highest BCUT2D eigenvalue weighted by Gasteiger charge is 2.35. The first-order valence-corrected chi connectivity index (χ1v) is 8.46. The average molecular weight is 361 g/mol. The molecule has 0 aliphatic carbocycles. The van der Waals surface area contributed by atoms with Crippen LogP contribution in [0.1, 0.15) is 16.8 Å². The molecule has 6 heteroatoms. The Morgan fingerprint density at radius 2 is 1.73 bits per heavy atom. The van der Waals surface area contributed by atoms with Gasteiger partial charge in [-0.25, -0.2) is 0 Å². The van der Waals surface area contributed by atoms with Gasteiger partial charge in [0.15, 0.2) is 0 Å². The predicted octanol–water partition coefficient (Wildman–Crippen LogP) is 4.42. The van der Waals surface area contributed by atoms with Crippen LogP contribution in [0.25, 0.3) is 22.0 Å². The molecule has 1 aromatic heterocycles. The van der Waals surface area contributed by atoms with Gasteiger partial charge in [-0.2, -0.15) is 13.2 Å². The number of rotatable bonds is 5. The quantitative estimate of drug-likeness (QED) is 0.707. The van der Waals surface area contributed by atoms with Crippen molar-refractivity contribution in [2.45, 2.75) is 19.1 Å². The van der Waals surface area contributed by atoms with Crippen LogP contribution in [-0.4, -0.2) is 30.5 Å². The molecule has 0 saturated heterocycles. The summed E-state index contributed by atoms with van der Waals surface area (Å²) in [4.78, 5) is 5.10. The number of halogens is 3. The number of H-pyrrole nitrogens is 1. The minimum absolute atomic E-state index is 0.230. The number of aromatic amines is 1. The van der Waals surface area contributed by atoms with Crippen molar-refractivity contribution in [1.82, 2.24) is 9.88 Å². The van der Waals surface area contributed by atoms with E-state index in [1.54, 1.807) is 0 Å². The minimum Gasteiger partial charge on any atom is -0.357 e. The smallest absolute Gasteiger partial charge is 0.357 e. The number of nitrogens with one attached hydrogen (secondary N) is 1. The molecule has 3 rings (SSSR count). The number of hydrogen-bond acceptors (Lipinski definition) is 2. The van der Waals surface area contributed by atoms with Gasteiger partial charge < -0.3 is 15.6 Å². The van der Waals surface area contributed by atoms with E-state index in [1.165, 1.54) is 12.1 Å². The number of nitrogens with two attached hydrogens (primary N) is 1. The molecule has 2 aromatic carbocycles. The van der Waals surface area contributed by atoms with Crippen LogP contribution in [0.2, 0.25) is 0 Å². The average Bonchev–Trinajstić information content (AvgIpc) is 2.98. The third kappa shape index (κ3) is 3.48. The molecule has 0 radical (unpaired) electrons. The Bertz CT molecular complexity index is 896. The second-order valence-electron chi connectivity index (χ2n) is 6.61. The fraction of sp³-hybridized carbons (Fsp3) is 0.300. The van der Waals surface area contributed by atoms with Gasteiger partial charge in [-0.05, 0) is 43.8 Å². The summed E-state index contributed by atoms with van der Waals surface area (Å²) in [5.41, 5.74) is 8.69. The van der Waals surface area contributed by atoms with Gasteiger partial charge in [-0.3, -0.25) is 0 Å². The zero-order valence-electron chi connectivity index (χ0n) is 14.8. The maximum Gasteiger partial charge on any atom is 0.416 e. The van der Waals surface area contributed by atoms with E-state index in [0.29, 0.717) is 29.4 Å².